The Hall–Kier alpha value is -2.15. The molecular formula is C12H14ClFN6. The van der Waals surface area contributed by atoms with Crippen molar-refractivity contribution in [1.82, 2.24) is 15.0 Å². The fourth-order valence-electron chi connectivity index (χ4n) is 1.45. The molecule has 106 valence electrons. The van der Waals surface area contributed by atoms with Crippen molar-refractivity contribution in [3.63, 3.8) is 0 Å². The molecule has 0 fully saturated rings. The lowest BCUT2D eigenvalue weighted by molar-refractivity contribution is 0.631. The van der Waals surface area contributed by atoms with Crippen molar-refractivity contribution in [2.24, 2.45) is 0 Å². The molecule has 2 aromatic rings. The minimum Gasteiger partial charge on any atom is -0.357 e. The van der Waals surface area contributed by atoms with Gasteiger partial charge in [0.05, 0.1) is 5.69 Å². The van der Waals surface area contributed by atoms with Gasteiger partial charge in [0, 0.05) is 26.2 Å². The SMILES string of the molecule is CNc1nc(Nc2cc(Cl)ccc2F)nc(N(C)C)n1. The Bertz CT molecular complexity index is 619. The van der Waals surface area contributed by atoms with E-state index < -0.39 is 5.82 Å². The molecule has 0 atom stereocenters. The van der Waals surface area contributed by atoms with Gasteiger partial charge < -0.3 is 15.5 Å². The van der Waals surface area contributed by atoms with E-state index >= 15 is 0 Å². The molecule has 20 heavy (non-hydrogen) atoms. The van der Waals surface area contributed by atoms with Crippen molar-refractivity contribution in [2.45, 2.75) is 0 Å². The second-order valence-electron chi connectivity index (χ2n) is 4.18. The fourth-order valence-corrected chi connectivity index (χ4v) is 1.62. The Morgan fingerprint density at radius 1 is 1.15 bits per heavy atom. The largest absolute Gasteiger partial charge is 0.357 e. The summed E-state index contributed by atoms with van der Waals surface area (Å²) in [6, 6.07) is 4.21. The highest BCUT2D eigenvalue weighted by Crippen LogP contribution is 2.23. The van der Waals surface area contributed by atoms with Gasteiger partial charge in [0.1, 0.15) is 5.82 Å². The molecule has 6 nitrogen and oxygen atoms in total. The van der Waals surface area contributed by atoms with Crippen LogP contribution in [0, 0.1) is 5.82 Å². The van der Waals surface area contributed by atoms with Crippen molar-refractivity contribution in [3.8, 4) is 0 Å². The lowest BCUT2D eigenvalue weighted by Gasteiger charge is -2.13. The summed E-state index contributed by atoms with van der Waals surface area (Å²) in [5.41, 5.74) is 0.204. The van der Waals surface area contributed by atoms with Crippen molar-refractivity contribution in [2.75, 3.05) is 36.7 Å². The Morgan fingerprint density at radius 2 is 1.85 bits per heavy atom. The molecule has 0 saturated heterocycles. The minimum atomic E-state index is -0.438. The van der Waals surface area contributed by atoms with Crippen LogP contribution in [0.15, 0.2) is 18.2 Å². The molecule has 8 heteroatoms. The van der Waals surface area contributed by atoms with Crippen molar-refractivity contribution < 1.29 is 4.39 Å². The van der Waals surface area contributed by atoms with E-state index in [1.165, 1.54) is 18.2 Å². The molecule has 0 aliphatic carbocycles. The highest BCUT2D eigenvalue weighted by molar-refractivity contribution is 6.30. The Labute approximate surface area is 121 Å². The molecule has 0 aliphatic rings. The minimum absolute atomic E-state index is 0.204. The lowest BCUT2D eigenvalue weighted by Crippen LogP contribution is -2.15. The van der Waals surface area contributed by atoms with Gasteiger partial charge in [-0.3, -0.25) is 0 Å². The average molecular weight is 297 g/mol. The summed E-state index contributed by atoms with van der Waals surface area (Å²) >= 11 is 5.84. The highest BCUT2D eigenvalue weighted by atomic mass is 35.5. The third-order valence-corrected chi connectivity index (χ3v) is 2.66. The number of hydrogen-bond acceptors (Lipinski definition) is 6. The van der Waals surface area contributed by atoms with Crippen LogP contribution >= 0.6 is 11.6 Å². The van der Waals surface area contributed by atoms with Gasteiger partial charge in [-0.05, 0) is 18.2 Å². The smallest absolute Gasteiger partial charge is 0.233 e. The summed E-state index contributed by atoms with van der Waals surface area (Å²) in [6.45, 7) is 0. The maximum absolute atomic E-state index is 13.7. The molecule has 0 amide bonds. The summed E-state index contributed by atoms with van der Waals surface area (Å²) in [6.07, 6.45) is 0. The summed E-state index contributed by atoms with van der Waals surface area (Å²) in [5.74, 6) is 0.629. The van der Waals surface area contributed by atoms with E-state index in [9.17, 15) is 4.39 Å². The Kier molecular flexibility index (Phi) is 4.19. The van der Waals surface area contributed by atoms with Crippen molar-refractivity contribution in [1.29, 1.82) is 0 Å². The first-order valence-electron chi connectivity index (χ1n) is 5.83. The van der Waals surface area contributed by atoms with Crippen LogP contribution in [0.25, 0.3) is 0 Å². The van der Waals surface area contributed by atoms with Gasteiger partial charge in [-0.15, -0.1) is 0 Å². The molecule has 0 radical (unpaired) electrons. The summed E-state index contributed by atoms with van der Waals surface area (Å²) in [7, 11) is 5.30. The number of nitrogens with zero attached hydrogens (tertiary/aromatic N) is 4. The topological polar surface area (TPSA) is 66.0 Å². The van der Waals surface area contributed by atoms with E-state index in [4.69, 9.17) is 11.6 Å². The molecule has 1 aromatic carbocycles. The number of aromatic nitrogens is 3. The zero-order valence-electron chi connectivity index (χ0n) is 11.3. The molecular weight excluding hydrogens is 283 g/mol. The number of anilines is 4. The standard InChI is InChI=1S/C12H14ClFN6/c1-15-10-17-11(19-12(18-10)20(2)3)16-9-6-7(13)4-5-8(9)14/h4-6H,1-3H3,(H2,15,16,17,18,19). The molecule has 0 bridgehead atoms. The molecule has 0 spiro atoms. The summed E-state index contributed by atoms with van der Waals surface area (Å²) in [4.78, 5) is 14.2. The number of benzene rings is 1. The molecule has 2 rings (SSSR count). The second kappa shape index (κ2) is 5.87. The zero-order chi connectivity index (χ0) is 14.7. The first-order valence-corrected chi connectivity index (χ1v) is 6.20. The Balaban J connectivity index is 2.37. The molecule has 0 saturated carbocycles. The van der Waals surface area contributed by atoms with Crippen LogP contribution in [0.3, 0.4) is 0 Å². The third kappa shape index (κ3) is 3.24. The maximum Gasteiger partial charge on any atom is 0.233 e. The quantitative estimate of drug-likeness (QED) is 0.904. The fraction of sp³-hybridized carbons (Fsp3) is 0.250. The van der Waals surface area contributed by atoms with Crippen LogP contribution in [0.2, 0.25) is 5.02 Å². The van der Waals surface area contributed by atoms with Gasteiger partial charge in [-0.1, -0.05) is 11.6 Å². The second-order valence-corrected chi connectivity index (χ2v) is 4.61. The van der Waals surface area contributed by atoms with E-state index in [0.29, 0.717) is 16.9 Å². The maximum atomic E-state index is 13.7. The molecule has 1 heterocycles. The number of rotatable bonds is 4. The predicted molar refractivity (Wildman–Crippen MR) is 78.4 cm³/mol. The monoisotopic (exact) mass is 296 g/mol. The Morgan fingerprint density at radius 3 is 2.50 bits per heavy atom. The number of hydrogen-bond donors (Lipinski definition) is 2. The van der Waals surface area contributed by atoms with Crippen LogP contribution in [0.5, 0.6) is 0 Å². The molecule has 2 N–H and O–H groups in total. The van der Waals surface area contributed by atoms with Crippen LogP contribution in [0.1, 0.15) is 0 Å². The molecule has 1 aromatic heterocycles. The van der Waals surface area contributed by atoms with Gasteiger partial charge in [0.25, 0.3) is 0 Å². The summed E-state index contributed by atoms with van der Waals surface area (Å²) < 4.78 is 13.7. The van der Waals surface area contributed by atoms with E-state index in [1.807, 2.05) is 0 Å². The van der Waals surface area contributed by atoms with Crippen LogP contribution < -0.4 is 15.5 Å². The lowest BCUT2D eigenvalue weighted by atomic mass is 10.3. The van der Waals surface area contributed by atoms with E-state index in [0.717, 1.165) is 0 Å². The average Bonchev–Trinajstić information content (AvgIpc) is 2.42. The normalized spacial score (nSPS) is 10.2. The third-order valence-electron chi connectivity index (χ3n) is 2.42. The van der Waals surface area contributed by atoms with Crippen molar-refractivity contribution in [3.05, 3.63) is 29.0 Å². The van der Waals surface area contributed by atoms with E-state index in [1.54, 1.807) is 26.0 Å². The van der Waals surface area contributed by atoms with Crippen LogP contribution in [-0.2, 0) is 0 Å². The molecule has 0 aliphatic heterocycles. The van der Waals surface area contributed by atoms with Gasteiger partial charge >= 0.3 is 0 Å². The van der Waals surface area contributed by atoms with Crippen LogP contribution in [0.4, 0.5) is 27.9 Å². The number of halogens is 2. The first-order chi connectivity index (χ1) is 9.49. The zero-order valence-corrected chi connectivity index (χ0v) is 12.0. The van der Waals surface area contributed by atoms with E-state index in [2.05, 4.69) is 25.6 Å². The first kappa shape index (κ1) is 14.3. The predicted octanol–water partition coefficient (Wildman–Crippen LogP) is 2.52. The van der Waals surface area contributed by atoms with Gasteiger partial charge in [0.2, 0.25) is 17.8 Å². The number of nitrogens with one attached hydrogen (secondary N) is 2. The van der Waals surface area contributed by atoms with Gasteiger partial charge in [-0.2, -0.15) is 15.0 Å². The highest BCUT2D eigenvalue weighted by Gasteiger charge is 2.10. The van der Waals surface area contributed by atoms with Crippen molar-refractivity contribution >= 4 is 35.1 Å². The van der Waals surface area contributed by atoms with E-state index in [-0.39, 0.29) is 11.6 Å². The summed E-state index contributed by atoms with van der Waals surface area (Å²) in [5, 5.41) is 6.04. The van der Waals surface area contributed by atoms with Gasteiger partial charge in [-0.25, -0.2) is 4.39 Å². The van der Waals surface area contributed by atoms with Gasteiger partial charge in [0.15, 0.2) is 0 Å². The molecule has 0 unspecified atom stereocenters. The van der Waals surface area contributed by atoms with Crippen LogP contribution in [-0.4, -0.2) is 36.1 Å².